The van der Waals surface area contributed by atoms with Crippen LogP contribution >= 0.6 is 0 Å². The summed E-state index contributed by atoms with van der Waals surface area (Å²) in [6.45, 7) is 6.89. The summed E-state index contributed by atoms with van der Waals surface area (Å²) >= 11 is 0. The van der Waals surface area contributed by atoms with E-state index in [1.54, 1.807) is 0 Å². The SMILES string of the molecule is CN1CCCc2cc(CNC3CC3(C)C)ccc21. The molecule has 1 aliphatic heterocycles. The monoisotopic (exact) mass is 244 g/mol. The first-order valence-electron chi connectivity index (χ1n) is 7.12. The van der Waals surface area contributed by atoms with Crippen molar-refractivity contribution < 1.29 is 0 Å². The number of aryl methyl sites for hydroxylation is 1. The van der Waals surface area contributed by atoms with Crippen LogP contribution in [0.1, 0.15) is 37.8 Å². The molecule has 18 heavy (non-hydrogen) atoms. The lowest BCUT2D eigenvalue weighted by Crippen LogP contribution is -2.25. The zero-order valence-electron chi connectivity index (χ0n) is 11.8. The van der Waals surface area contributed by atoms with Crippen LogP contribution < -0.4 is 10.2 Å². The van der Waals surface area contributed by atoms with Crippen molar-refractivity contribution in [3.05, 3.63) is 29.3 Å². The second kappa shape index (κ2) is 4.27. The molecule has 3 rings (SSSR count). The van der Waals surface area contributed by atoms with Gasteiger partial charge in [-0.15, -0.1) is 0 Å². The summed E-state index contributed by atoms with van der Waals surface area (Å²) in [5.41, 5.74) is 4.91. The Kier molecular flexibility index (Phi) is 2.86. The van der Waals surface area contributed by atoms with E-state index in [4.69, 9.17) is 0 Å². The van der Waals surface area contributed by atoms with Gasteiger partial charge in [0.1, 0.15) is 0 Å². The summed E-state index contributed by atoms with van der Waals surface area (Å²) in [5.74, 6) is 0. The molecular weight excluding hydrogens is 220 g/mol. The minimum Gasteiger partial charge on any atom is -0.374 e. The van der Waals surface area contributed by atoms with Gasteiger partial charge < -0.3 is 10.2 Å². The number of nitrogens with one attached hydrogen (secondary N) is 1. The Balaban J connectivity index is 1.67. The van der Waals surface area contributed by atoms with E-state index >= 15 is 0 Å². The first kappa shape index (κ1) is 12.0. The molecule has 0 amide bonds. The molecule has 1 aromatic carbocycles. The number of fused-ring (bicyclic) bond motifs is 1. The van der Waals surface area contributed by atoms with Crippen LogP contribution in [-0.2, 0) is 13.0 Å². The number of rotatable bonds is 3. The Morgan fingerprint density at radius 1 is 1.39 bits per heavy atom. The molecule has 1 fully saturated rings. The number of benzene rings is 1. The number of anilines is 1. The van der Waals surface area contributed by atoms with E-state index in [-0.39, 0.29) is 0 Å². The predicted octanol–water partition coefficient (Wildman–Crippen LogP) is 2.96. The zero-order valence-corrected chi connectivity index (χ0v) is 11.8. The van der Waals surface area contributed by atoms with Gasteiger partial charge in [0.25, 0.3) is 0 Å². The van der Waals surface area contributed by atoms with Crippen molar-refractivity contribution in [3.8, 4) is 0 Å². The quantitative estimate of drug-likeness (QED) is 0.879. The van der Waals surface area contributed by atoms with Crippen LogP contribution in [0, 0.1) is 5.41 Å². The van der Waals surface area contributed by atoms with Gasteiger partial charge in [-0.3, -0.25) is 0 Å². The zero-order chi connectivity index (χ0) is 12.8. The van der Waals surface area contributed by atoms with Crippen molar-refractivity contribution >= 4 is 5.69 Å². The van der Waals surface area contributed by atoms with Crippen LogP contribution in [0.25, 0.3) is 0 Å². The molecule has 1 saturated carbocycles. The third-order valence-corrected chi connectivity index (χ3v) is 4.56. The van der Waals surface area contributed by atoms with Crippen LogP contribution in [0.3, 0.4) is 0 Å². The molecule has 0 radical (unpaired) electrons. The van der Waals surface area contributed by atoms with Crippen LogP contribution in [0.5, 0.6) is 0 Å². The molecule has 98 valence electrons. The van der Waals surface area contributed by atoms with Gasteiger partial charge in [-0.2, -0.15) is 0 Å². The van der Waals surface area contributed by atoms with Crippen molar-refractivity contribution in [3.63, 3.8) is 0 Å². The average molecular weight is 244 g/mol. The van der Waals surface area contributed by atoms with E-state index in [2.05, 4.69) is 49.3 Å². The van der Waals surface area contributed by atoms with E-state index in [0.29, 0.717) is 5.41 Å². The van der Waals surface area contributed by atoms with Gasteiger partial charge in [-0.05, 0) is 41.9 Å². The molecule has 0 spiro atoms. The van der Waals surface area contributed by atoms with Crippen LogP contribution in [0.15, 0.2) is 18.2 Å². The highest BCUT2D eigenvalue weighted by Gasteiger charge is 2.44. The first-order chi connectivity index (χ1) is 8.56. The lowest BCUT2D eigenvalue weighted by Gasteiger charge is -2.27. The topological polar surface area (TPSA) is 15.3 Å². The maximum atomic E-state index is 3.67. The third-order valence-electron chi connectivity index (χ3n) is 4.56. The van der Waals surface area contributed by atoms with Gasteiger partial charge in [0.2, 0.25) is 0 Å². The molecule has 1 aromatic rings. The lowest BCUT2D eigenvalue weighted by atomic mass is 9.99. The minimum absolute atomic E-state index is 0.522. The Morgan fingerprint density at radius 3 is 2.89 bits per heavy atom. The second-order valence-corrected chi connectivity index (χ2v) is 6.61. The van der Waals surface area contributed by atoms with Gasteiger partial charge in [0, 0.05) is 31.9 Å². The van der Waals surface area contributed by atoms with E-state index < -0.39 is 0 Å². The Hall–Kier alpha value is -1.02. The van der Waals surface area contributed by atoms with E-state index in [1.807, 2.05) is 0 Å². The molecule has 1 aliphatic carbocycles. The Bertz CT molecular complexity index is 450. The number of hydrogen-bond donors (Lipinski definition) is 1. The maximum Gasteiger partial charge on any atom is 0.0396 e. The van der Waals surface area contributed by atoms with E-state index in [1.165, 1.54) is 42.6 Å². The average Bonchev–Trinajstić information content (AvgIpc) is 2.95. The molecular formula is C16H24N2. The van der Waals surface area contributed by atoms with Crippen molar-refractivity contribution in [2.45, 2.75) is 45.7 Å². The van der Waals surface area contributed by atoms with Crippen molar-refractivity contribution in [2.24, 2.45) is 5.41 Å². The predicted molar refractivity (Wildman–Crippen MR) is 77.1 cm³/mol. The molecule has 1 heterocycles. The summed E-state index contributed by atoms with van der Waals surface area (Å²) in [7, 11) is 2.20. The fourth-order valence-electron chi connectivity index (χ4n) is 3.01. The fraction of sp³-hybridized carbons (Fsp3) is 0.625. The highest BCUT2D eigenvalue weighted by atomic mass is 15.1. The van der Waals surface area contributed by atoms with Gasteiger partial charge in [0.05, 0.1) is 0 Å². The van der Waals surface area contributed by atoms with E-state index in [0.717, 1.165) is 12.6 Å². The van der Waals surface area contributed by atoms with Crippen molar-refractivity contribution in [1.29, 1.82) is 0 Å². The summed E-state index contributed by atoms with van der Waals surface area (Å²) in [6, 6.07) is 7.69. The standard InChI is InChI=1S/C16H24N2/c1-16(2)10-15(16)17-11-12-6-7-14-13(9-12)5-4-8-18(14)3/h6-7,9,15,17H,4-5,8,10-11H2,1-3H3. The third kappa shape index (κ3) is 2.26. The summed E-state index contributed by atoms with van der Waals surface area (Å²) < 4.78 is 0. The number of nitrogens with zero attached hydrogens (tertiary/aromatic N) is 1. The van der Waals surface area contributed by atoms with Gasteiger partial charge >= 0.3 is 0 Å². The Labute approximate surface area is 110 Å². The minimum atomic E-state index is 0.522. The first-order valence-corrected chi connectivity index (χ1v) is 7.12. The second-order valence-electron chi connectivity index (χ2n) is 6.61. The smallest absolute Gasteiger partial charge is 0.0396 e. The Morgan fingerprint density at radius 2 is 2.17 bits per heavy atom. The molecule has 1 N–H and O–H groups in total. The molecule has 0 bridgehead atoms. The normalized spacial score (nSPS) is 24.8. The highest BCUT2D eigenvalue weighted by Crippen LogP contribution is 2.44. The van der Waals surface area contributed by atoms with Crippen molar-refractivity contribution in [2.75, 3.05) is 18.5 Å². The molecule has 1 atom stereocenters. The summed E-state index contributed by atoms with van der Waals surface area (Å²) in [5, 5.41) is 3.67. The molecule has 2 heteroatoms. The molecule has 2 aliphatic rings. The maximum absolute atomic E-state index is 3.67. The van der Waals surface area contributed by atoms with Gasteiger partial charge in [-0.25, -0.2) is 0 Å². The van der Waals surface area contributed by atoms with Crippen LogP contribution in [0.4, 0.5) is 5.69 Å². The molecule has 0 saturated heterocycles. The number of hydrogen-bond acceptors (Lipinski definition) is 2. The lowest BCUT2D eigenvalue weighted by molar-refractivity contribution is 0.542. The highest BCUT2D eigenvalue weighted by molar-refractivity contribution is 5.56. The fourth-order valence-corrected chi connectivity index (χ4v) is 3.01. The molecule has 2 nitrogen and oxygen atoms in total. The van der Waals surface area contributed by atoms with Crippen LogP contribution in [-0.4, -0.2) is 19.6 Å². The summed E-state index contributed by atoms with van der Waals surface area (Å²) in [6.07, 6.45) is 3.85. The molecule has 0 aromatic heterocycles. The van der Waals surface area contributed by atoms with Gasteiger partial charge in [0.15, 0.2) is 0 Å². The van der Waals surface area contributed by atoms with Crippen LogP contribution in [0.2, 0.25) is 0 Å². The summed E-state index contributed by atoms with van der Waals surface area (Å²) in [4.78, 5) is 2.38. The molecule has 1 unspecified atom stereocenters. The van der Waals surface area contributed by atoms with Crippen molar-refractivity contribution in [1.82, 2.24) is 5.32 Å². The largest absolute Gasteiger partial charge is 0.374 e. The van der Waals surface area contributed by atoms with Gasteiger partial charge in [-0.1, -0.05) is 26.0 Å². The van der Waals surface area contributed by atoms with E-state index in [9.17, 15) is 0 Å².